The molecule has 2 heteroatoms. The molecule has 1 rings (SSSR count). The summed E-state index contributed by atoms with van der Waals surface area (Å²) in [6.07, 6.45) is 5.32. The molecule has 0 saturated carbocycles. The van der Waals surface area contributed by atoms with E-state index in [2.05, 4.69) is 25.7 Å². The Kier molecular flexibility index (Phi) is 9.20. The minimum Gasteiger partial charge on any atom is -0.343 e. The average Bonchev–Trinajstić information content (AvgIpc) is 2.38. The van der Waals surface area contributed by atoms with Crippen LogP contribution in [0, 0.1) is 11.8 Å². The van der Waals surface area contributed by atoms with Gasteiger partial charge < -0.3 is 4.90 Å². The number of likely N-dealkylation sites (tertiary alicyclic amines) is 1. The van der Waals surface area contributed by atoms with E-state index in [0.717, 1.165) is 44.2 Å². The second kappa shape index (κ2) is 9.49. The lowest BCUT2D eigenvalue weighted by Crippen LogP contribution is -2.39. The van der Waals surface area contributed by atoms with Crippen molar-refractivity contribution in [3.63, 3.8) is 0 Å². The number of carbonyl (C=O) groups is 1. The fourth-order valence-corrected chi connectivity index (χ4v) is 2.30. The molecule has 1 fully saturated rings. The summed E-state index contributed by atoms with van der Waals surface area (Å²) in [5.74, 6) is 1.98. The molecule has 0 radical (unpaired) electrons. The van der Waals surface area contributed by atoms with Crippen molar-refractivity contribution in [3.8, 4) is 0 Å². The summed E-state index contributed by atoms with van der Waals surface area (Å²) < 4.78 is 0. The van der Waals surface area contributed by atoms with Gasteiger partial charge in [0.2, 0.25) is 5.91 Å². The molecule has 0 spiro atoms. The van der Waals surface area contributed by atoms with Crippen LogP contribution in [-0.4, -0.2) is 23.9 Å². The largest absolute Gasteiger partial charge is 0.343 e. The van der Waals surface area contributed by atoms with Crippen LogP contribution in [0.4, 0.5) is 0 Å². The molecule has 0 aliphatic carbocycles. The third-order valence-corrected chi connectivity index (χ3v) is 3.58. The number of carbonyl (C=O) groups excluding carboxylic acids is 1. The molecule has 0 aromatic heterocycles. The van der Waals surface area contributed by atoms with E-state index in [1.165, 1.54) is 12.8 Å². The van der Waals surface area contributed by atoms with Gasteiger partial charge in [-0.3, -0.25) is 4.79 Å². The van der Waals surface area contributed by atoms with Crippen molar-refractivity contribution in [2.24, 2.45) is 11.8 Å². The van der Waals surface area contributed by atoms with Gasteiger partial charge in [0.1, 0.15) is 0 Å². The Hall–Kier alpha value is -0.530. The molecule has 0 aromatic rings. The van der Waals surface area contributed by atoms with Crippen LogP contribution in [0.3, 0.4) is 0 Å². The molecule has 17 heavy (non-hydrogen) atoms. The van der Waals surface area contributed by atoms with E-state index in [9.17, 15) is 4.79 Å². The van der Waals surface area contributed by atoms with Gasteiger partial charge in [-0.2, -0.15) is 0 Å². The summed E-state index contributed by atoms with van der Waals surface area (Å²) in [4.78, 5) is 13.8. The standard InChI is InChI=1S/C13H25NO.C2H6/c1-4-5-6-13(15)14-9-7-12(8-10-14)11(2)3;1-2/h11-12H,4-10H2,1-3H3;1-2H3. The summed E-state index contributed by atoms with van der Waals surface area (Å²) in [6.45, 7) is 12.7. The zero-order chi connectivity index (χ0) is 13.3. The van der Waals surface area contributed by atoms with Crippen molar-refractivity contribution < 1.29 is 4.79 Å². The maximum Gasteiger partial charge on any atom is 0.222 e. The molecule has 2 nitrogen and oxygen atoms in total. The quantitative estimate of drug-likeness (QED) is 0.725. The van der Waals surface area contributed by atoms with E-state index in [1.807, 2.05) is 13.8 Å². The van der Waals surface area contributed by atoms with Gasteiger partial charge in [-0.25, -0.2) is 0 Å². The van der Waals surface area contributed by atoms with Gasteiger partial charge in [0, 0.05) is 19.5 Å². The molecule has 0 unspecified atom stereocenters. The first-order chi connectivity index (χ1) is 8.15. The zero-order valence-electron chi connectivity index (χ0n) is 12.5. The SMILES string of the molecule is CC.CCCCC(=O)N1CCC(C(C)C)CC1. The van der Waals surface area contributed by atoms with E-state index in [1.54, 1.807) is 0 Å². The number of amides is 1. The number of piperidine rings is 1. The summed E-state index contributed by atoms with van der Waals surface area (Å²) in [6, 6.07) is 0. The highest BCUT2D eigenvalue weighted by molar-refractivity contribution is 5.76. The Labute approximate surface area is 108 Å². The van der Waals surface area contributed by atoms with Gasteiger partial charge in [0.05, 0.1) is 0 Å². The fourth-order valence-electron chi connectivity index (χ4n) is 2.30. The predicted molar refractivity (Wildman–Crippen MR) is 75.0 cm³/mol. The number of hydrogen-bond donors (Lipinski definition) is 0. The van der Waals surface area contributed by atoms with Crippen molar-refractivity contribution in [1.82, 2.24) is 4.90 Å². The monoisotopic (exact) mass is 241 g/mol. The second-order valence-electron chi connectivity index (χ2n) is 5.07. The van der Waals surface area contributed by atoms with Gasteiger partial charge in [-0.15, -0.1) is 0 Å². The van der Waals surface area contributed by atoms with Gasteiger partial charge in [0.25, 0.3) is 0 Å². The molecule has 102 valence electrons. The van der Waals surface area contributed by atoms with Gasteiger partial charge in [-0.1, -0.05) is 41.0 Å². The molecule has 0 bridgehead atoms. The first kappa shape index (κ1) is 16.5. The van der Waals surface area contributed by atoms with Gasteiger partial charge in [-0.05, 0) is 31.1 Å². The van der Waals surface area contributed by atoms with Crippen LogP contribution in [0.5, 0.6) is 0 Å². The van der Waals surface area contributed by atoms with E-state index in [4.69, 9.17) is 0 Å². The third-order valence-electron chi connectivity index (χ3n) is 3.58. The van der Waals surface area contributed by atoms with Crippen LogP contribution < -0.4 is 0 Å². The Balaban J connectivity index is 0.00000121. The average molecular weight is 241 g/mol. The molecule has 0 aromatic carbocycles. The number of hydrogen-bond acceptors (Lipinski definition) is 1. The maximum atomic E-state index is 11.8. The molecule has 1 aliphatic rings. The Bertz CT molecular complexity index is 193. The topological polar surface area (TPSA) is 20.3 Å². The molecule has 1 amide bonds. The molecule has 1 aliphatic heterocycles. The smallest absolute Gasteiger partial charge is 0.222 e. The normalized spacial score (nSPS) is 16.7. The van der Waals surface area contributed by atoms with Crippen LogP contribution in [-0.2, 0) is 4.79 Å². The minimum atomic E-state index is 0.374. The molecular formula is C15H31NO. The van der Waals surface area contributed by atoms with Crippen molar-refractivity contribution >= 4 is 5.91 Å². The number of unbranched alkanes of at least 4 members (excludes halogenated alkanes) is 1. The summed E-state index contributed by atoms with van der Waals surface area (Å²) in [5.41, 5.74) is 0. The molecule has 0 atom stereocenters. The van der Waals surface area contributed by atoms with Crippen molar-refractivity contribution in [1.29, 1.82) is 0 Å². The highest BCUT2D eigenvalue weighted by Crippen LogP contribution is 2.24. The second-order valence-corrected chi connectivity index (χ2v) is 5.07. The van der Waals surface area contributed by atoms with Crippen molar-refractivity contribution in [3.05, 3.63) is 0 Å². The highest BCUT2D eigenvalue weighted by atomic mass is 16.2. The van der Waals surface area contributed by atoms with Crippen LogP contribution >= 0.6 is 0 Å². The van der Waals surface area contributed by atoms with Gasteiger partial charge in [0.15, 0.2) is 0 Å². The molecule has 0 N–H and O–H groups in total. The lowest BCUT2D eigenvalue weighted by molar-refractivity contribution is -0.132. The summed E-state index contributed by atoms with van der Waals surface area (Å²) in [5, 5.41) is 0. The highest BCUT2D eigenvalue weighted by Gasteiger charge is 2.23. The van der Waals surface area contributed by atoms with Crippen LogP contribution in [0.15, 0.2) is 0 Å². The predicted octanol–water partition coefficient (Wildman–Crippen LogP) is 4.10. The Morgan fingerprint density at radius 2 is 1.76 bits per heavy atom. The van der Waals surface area contributed by atoms with E-state index >= 15 is 0 Å². The minimum absolute atomic E-state index is 0.374. The Morgan fingerprint density at radius 1 is 1.24 bits per heavy atom. The van der Waals surface area contributed by atoms with Crippen molar-refractivity contribution in [2.75, 3.05) is 13.1 Å². The summed E-state index contributed by atoms with van der Waals surface area (Å²) >= 11 is 0. The lowest BCUT2D eigenvalue weighted by Gasteiger charge is -2.34. The van der Waals surface area contributed by atoms with E-state index < -0.39 is 0 Å². The maximum absolute atomic E-state index is 11.8. The number of nitrogens with zero attached hydrogens (tertiary/aromatic N) is 1. The fraction of sp³-hybridized carbons (Fsp3) is 0.933. The van der Waals surface area contributed by atoms with Gasteiger partial charge >= 0.3 is 0 Å². The first-order valence-electron chi connectivity index (χ1n) is 7.43. The molecular weight excluding hydrogens is 210 g/mol. The van der Waals surface area contributed by atoms with Crippen LogP contribution in [0.2, 0.25) is 0 Å². The Morgan fingerprint density at radius 3 is 2.18 bits per heavy atom. The van der Waals surface area contributed by atoms with Crippen LogP contribution in [0.25, 0.3) is 0 Å². The molecule has 1 heterocycles. The lowest BCUT2D eigenvalue weighted by atomic mass is 9.86. The molecule has 1 saturated heterocycles. The summed E-state index contributed by atoms with van der Waals surface area (Å²) in [7, 11) is 0. The van der Waals surface area contributed by atoms with Crippen molar-refractivity contribution in [2.45, 2.75) is 66.7 Å². The van der Waals surface area contributed by atoms with E-state index in [-0.39, 0.29) is 0 Å². The third kappa shape index (κ3) is 6.09. The number of rotatable bonds is 4. The van der Waals surface area contributed by atoms with E-state index in [0.29, 0.717) is 5.91 Å². The zero-order valence-corrected chi connectivity index (χ0v) is 12.5. The van der Waals surface area contributed by atoms with Crippen LogP contribution in [0.1, 0.15) is 66.7 Å². The first-order valence-corrected chi connectivity index (χ1v) is 7.43.